The van der Waals surface area contributed by atoms with E-state index in [9.17, 15) is 0 Å². The Bertz CT molecular complexity index is 439. The molecule has 0 aromatic heterocycles. The van der Waals surface area contributed by atoms with E-state index in [2.05, 4.69) is 42.3 Å². The van der Waals surface area contributed by atoms with Crippen LogP contribution in [0.25, 0.3) is 0 Å². The Morgan fingerprint density at radius 2 is 1.91 bits per heavy atom. The van der Waals surface area contributed by atoms with Gasteiger partial charge in [-0.2, -0.15) is 0 Å². The lowest BCUT2D eigenvalue weighted by Gasteiger charge is -2.21. The minimum absolute atomic E-state index is 0.543. The maximum absolute atomic E-state index is 5.61. The highest BCUT2D eigenvalue weighted by atomic mass is 16.5. The first kappa shape index (κ1) is 17.3. The van der Waals surface area contributed by atoms with Gasteiger partial charge in [-0.25, -0.2) is 0 Å². The van der Waals surface area contributed by atoms with Crippen LogP contribution in [0.4, 0.5) is 0 Å². The molecule has 2 rings (SSSR count). The van der Waals surface area contributed by atoms with E-state index < -0.39 is 0 Å². The zero-order valence-electron chi connectivity index (χ0n) is 14.5. The Balaban J connectivity index is 1.98. The lowest BCUT2D eigenvalue weighted by Crippen LogP contribution is -2.25. The second-order valence-electron chi connectivity index (χ2n) is 6.53. The van der Waals surface area contributed by atoms with Crippen LogP contribution >= 0.6 is 0 Å². The molecule has 1 N–H and O–H groups in total. The quantitative estimate of drug-likeness (QED) is 0.825. The van der Waals surface area contributed by atoms with Crippen molar-refractivity contribution in [2.75, 3.05) is 20.2 Å². The van der Waals surface area contributed by atoms with Crippen LogP contribution < -0.4 is 10.1 Å². The molecule has 0 amide bonds. The summed E-state index contributed by atoms with van der Waals surface area (Å²) in [5.41, 5.74) is 2.62. The third kappa shape index (κ3) is 5.29. The van der Waals surface area contributed by atoms with Gasteiger partial charge in [-0.05, 0) is 50.9 Å². The van der Waals surface area contributed by atoms with Gasteiger partial charge in [0, 0.05) is 24.7 Å². The van der Waals surface area contributed by atoms with Gasteiger partial charge in [0.2, 0.25) is 0 Å². The number of nitrogens with zero attached hydrogens (tertiary/aromatic N) is 1. The van der Waals surface area contributed by atoms with Crippen LogP contribution in [0, 0.1) is 0 Å². The fourth-order valence-electron chi connectivity index (χ4n) is 3.01. The van der Waals surface area contributed by atoms with Crippen molar-refractivity contribution in [3.63, 3.8) is 0 Å². The fraction of sp³-hybridized carbons (Fsp3) is 0.684. The third-order valence-electron chi connectivity index (χ3n) is 4.71. The van der Waals surface area contributed by atoms with Crippen molar-refractivity contribution < 1.29 is 4.74 Å². The molecule has 1 heterocycles. The summed E-state index contributed by atoms with van der Waals surface area (Å²) in [6.45, 7) is 8.83. The van der Waals surface area contributed by atoms with Gasteiger partial charge in [0.1, 0.15) is 5.75 Å². The zero-order chi connectivity index (χ0) is 15.8. The number of methoxy groups -OCH3 is 1. The van der Waals surface area contributed by atoms with E-state index in [1.165, 1.54) is 49.9 Å². The van der Waals surface area contributed by atoms with Gasteiger partial charge in [-0.3, -0.25) is 4.90 Å². The van der Waals surface area contributed by atoms with E-state index in [0.29, 0.717) is 6.04 Å². The summed E-state index contributed by atoms with van der Waals surface area (Å²) in [6, 6.07) is 7.25. The number of ether oxygens (including phenoxy) is 1. The van der Waals surface area contributed by atoms with Crippen molar-refractivity contribution >= 4 is 0 Å². The van der Waals surface area contributed by atoms with E-state index in [4.69, 9.17) is 4.74 Å². The molecule has 1 aromatic rings. The van der Waals surface area contributed by atoms with Gasteiger partial charge < -0.3 is 10.1 Å². The molecule has 1 unspecified atom stereocenters. The summed E-state index contributed by atoms with van der Waals surface area (Å²) in [5, 5.41) is 3.54. The Labute approximate surface area is 136 Å². The average molecular weight is 304 g/mol. The highest BCUT2D eigenvalue weighted by molar-refractivity contribution is 5.37. The van der Waals surface area contributed by atoms with Crippen LogP contribution in [0.15, 0.2) is 18.2 Å². The first-order valence-electron chi connectivity index (χ1n) is 8.84. The summed E-state index contributed by atoms with van der Waals surface area (Å²) in [7, 11) is 1.78. The van der Waals surface area contributed by atoms with E-state index in [-0.39, 0.29) is 0 Å². The number of hydrogen-bond acceptors (Lipinski definition) is 3. The predicted molar refractivity (Wildman–Crippen MR) is 93.3 cm³/mol. The van der Waals surface area contributed by atoms with Crippen molar-refractivity contribution in [3.8, 4) is 5.75 Å². The molecule has 3 nitrogen and oxygen atoms in total. The Morgan fingerprint density at radius 3 is 2.55 bits per heavy atom. The fourth-order valence-corrected chi connectivity index (χ4v) is 3.01. The zero-order valence-corrected chi connectivity index (χ0v) is 14.5. The third-order valence-corrected chi connectivity index (χ3v) is 4.71. The molecule has 0 saturated carbocycles. The summed E-state index contributed by atoms with van der Waals surface area (Å²) in [6.07, 6.45) is 6.61. The Kier molecular flexibility index (Phi) is 7.20. The molecule has 1 aliphatic heterocycles. The number of nitrogens with one attached hydrogen (secondary N) is 1. The van der Waals surface area contributed by atoms with Crippen LogP contribution in [0.5, 0.6) is 5.75 Å². The maximum atomic E-state index is 5.61. The molecule has 0 spiro atoms. The molecule has 22 heavy (non-hydrogen) atoms. The second kappa shape index (κ2) is 9.16. The average Bonchev–Trinajstić information content (AvgIpc) is 2.81. The lowest BCUT2D eigenvalue weighted by molar-refractivity contribution is 0.276. The number of benzene rings is 1. The van der Waals surface area contributed by atoms with Crippen LogP contribution in [0.2, 0.25) is 0 Å². The molecule has 124 valence electrons. The van der Waals surface area contributed by atoms with E-state index in [1.807, 2.05) is 0 Å². The van der Waals surface area contributed by atoms with Crippen molar-refractivity contribution in [2.45, 2.75) is 65.1 Å². The summed E-state index contributed by atoms with van der Waals surface area (Å²) in [4.78, 5) is 2.58. The Hall–Kier alpha value is -1.06. The normalized spacial score (nSPS) is 18.0. The van der Waals surface area contributed by atoms with Crippen LogP contribution in [0.1, 0.15) is 57.1 Å². The van der Waals surface area contributed by atoms with Crippen LogP contribution in [-0.2, 0) is 13.1 Å². The molecular formula is C19H32N2O. The van der Waals surface area contributed by atoms with E-state index >= 15 is 0 Å². The second-order valence-corrected chi connectivity index (χ2v) is 6.53. The van der Waals surface area contributed by atoms with Gasteiger partial charge in [0.05, 0.1) is 7.11 Å². The first-order chi connectivity index (χ1) is 10.7. The highest BCUT2D eigenvalue weighted by Gasteiger charge is 2.11. The van der Waals surface area contributed by atoms with Gasteiger partial charge in [0.15, 0.2) is 0 Å². The van der Waals surface area contributed by atoms with E-state index in [0.717, 1.165) is 25.3 Å². The van der Waals surface area contributed by atoms with Gasteiger partial charge >= 0.3 is 0 Å². The van der Waals surface area contributed by atoms with Crippen molar-refractivity contribution in [1.82, 2.24) is 10.2 Å². The van der Waals surface area contributed by atoms with Crippen LogP contribution in [0.3, 0.4) is 0 Å². The van der Waals surface area contributed by atoms with Crippen LogP contribution in [-0.4, -0.2) is 31.1 Å². The van der Waals surface area contributed by atoms with Gasteiger partial charge in [-0.1, -0.05) is 31.9 Å². The predicted octanol–water partition coefficient (Wildman–Crippen LogP) is 3.96. The highest BCUT2D eigenvalue weighted by Crippen LogP contribution is 2.22. The van der Waals surface area contributed by atoms with Gasteiger partial charge in [-0.15, -0.1) is 0 Å². The molecule has 0 radical (unpaired) electrons. The topological polar surface area (TPSA) is 24.5 Å². The lowest BCUT2D eigenvalue weighted by atomic mass is 10.1. The maximum Gasteiger partial charge on any atom is 0.123 e. The molecule has 1 saturated heterocycles. The number of hydrogen-bond donors (Lipinski definition) is 1. The summed E-state index contributed by atoms with van der Waals surface area (Å²) in [5.74, 6) is 1.02. The molecule has 1 aromatic carbocycles. The molecule has 1 aliphatic rings. The van der Waals surface area contributed by atoms with Crippen molar-refractivity contribution in [2.24, 2.45) is 0 Å². The van der Waals surface area contributed by atoms with Crippen molar-refractivity contribution in [3.05, 3.63) is 29.3 Å². The molecule has 1 atom stereocenters. The summed E-state index contributed by atoms with van der Waals surface area (Å²) < 4.78 is 5.61. The molecular weight excluding hydrogens is 272 g/mol. The van der Waals surface area contributed by atoms with Gasteiger partial charge in [0.25, 0.3) is 0 Å². The molecule has 0 bridgehead atoms. The number of likely N-dealkylation sites (tertiary alicyclic amines) is 1. The largest absolute Gasteiger partial charge is 0.496 e. The van der Waals surface area contributed by atoms with E-state index in [1.54, 1.807) is 7.11 Å². The standard InChI is InChI=1S/C19H32N2O/c1-4-16(2)20-14-18-10-9-17(13-19(18)22-3)15-21-11-7-5-6-8-12-21/h9-10,13,16,20H,4-8,11-12,14-15H2,1-3H3. The van der Waals surface area contributed by atoms with Crippen molar-refractivity contribution in [1.29, 1.82) is 0 Å². The number of rotatable bonds is 7. The summed E-state index contributed by atoms with van der Waals surface area (Å²) >= 11 is 0. The minimum Gasteiger partial charge on any atom is -0.496 e. The minimum atomic E-state index is 0.543. The monoisotopic (exact) mass is 304 g/mol. The SMILES string of the molecule is CCC(C)NCc1ccc(CN2CCCCCC2)cc1OC. The molecule has 0 aliphatic carbocycles. The Morgan fingerprint density at radius 1 is 1.18 bits per heavy atom. The molecule has 1 fully saturated rings. The molecule has 3 heteroatoms. The smallest absolute Gasteiger partial charge is 0.123 e. The first-order valence-corrected chi connectivity index (χ1v) is 8.84.